The van der Waals surface area contributed by atoms with E-state index in [0.717, 1.165) is 25.6 Å². The van der Waals surface area contributed by atoms with E-state index in [-0.39, 0.29) is 0 Å². The third-order valence-electron chi connectivity index (χ3n) is 3.20. The highest BCUT2D eigenvalue weighted by atomic mass is 79.9. The Morgan fingerprint density at radius 3 is 2.82 bits per heavy atom. The quantitative estimate of drug-likeness (QED) is 0.779. The molecule has 1 aliphatic rings. The summed E-state index contributed by atoms with van der Waals surface area (Å²) in [6.07, 6.45) is 2.86. The zero-order valence-electron chi connectivity index (χ0n) is 10.5. The van der Waals surface area contributed by atoms with Crippen LogP contribution in [0.2, 0.25) is 0 Å². The van der Waals surface area contributed by atoms with E-state index in [1.54, 1.807) is 0 Å². The second kappa shape index (κ2) is 6.53. The lowest BCUT2D eigenvalue weighted by Gasteiger charge is -2.17. The van der Waals surface area contributed by atoms with Crippen LogP contribution in [0.25, 0.3) is 0 Å². The number of benzene rings is 1. The maximum Gasteiger partial charge on any atom is 0.0242 e. The van der Waals surface area contributed by atoms with Crippen molar-refractivity contribution in [2.75, 3.05) is 26.7 Å². The minimum absolute atomic E-state index is 0.976. The molecule has 0 atom stereocenters. The fraction of sp³-hybridized carbons (Fsp3) is 0.571. The molecule has 2 nitrogen and oxygen atoms in total. The normalized spacial score (nSPS) is 15.5. The van der Waals surface area contributed by atoms with Crippen molar-refractivity contribution in [3.63, 3.8) is 0 Å². The molecule has 0 saturated heterocycles. The molecule has 1 aromatic carbocycles. The minimum Gasteiger partial charge on any atom is -0.315 e. The van der Waals surface area contributed by atoms with Crippen molar-refractivity contribution in [1.82, 2.24) is 10.2 Å². The van der Waals surface area contributed by atoms with Crippen molar-refractivity contribution in [2.24, 2.45) is 5.92 Å². The van der Waals surface area contributed by atoms with Gasteiger partial charge < -0.3 is 10.2 Å². The largest absolute Gasteiger partial charge is 0.315 e. The molecular weight excluding hydrogens is 276 g/mol. The van der Waals surface area contributed by atoms with E-state index in [4.69, 9.17) is 0 Å². The van der Waals surface area contributed by atoms with E-state index in [9.17, 15) is 0 Å². The summed E-state index contributed by atoms with van der Waals surface area (Å²) in [5, 5.41) is 3.53. The Balaban J connectivity index is 1.65. The average molecular weight is 297 g/mol. The average Bonchev–Trinajstić information content (AvgIpc) is 3.12. The lowest BCUT2D eigenvalue weighted by molar-refractivity contribution is 0.323. The molecule has 0 unspecified atom stereocenters. The number of hydrogen-bond donors (Lipinski definition) is 1. The Morgan fingerprint density at radius 2 is 2.12 bits per heavy atom. The van der Waals surface area contributed by atoms with E-state index in [2.05, 4.69) is 57.5 Å². The Hall–Kier alpha value is -0.380. The van der Waals surface area contributed by atoms with Crippen LogP contribution in [0.5, 0.6) is 0 Å². The van der Waals surface area contributed by atoms with Crippen LogP contribution in [0.3, 0.4) is 0 Å². The number of hydrogen-bond acceptors (Lipinski definition) is 2. The van der Waals surface area contributed by atoms with Gasteiger partial charge in [-0.25, -0.2) is 0 Å². The SMILES string of the molecule is CN(CCNCC1CC1)Cc1ccccc1Br. The van der Waals surface area contributed by atoms with Crippen LogP contribution < -0.4 is 5.32 Å². The van der Waals surface area contributed by atoms with Gasteiger partial charge in [-0.3, -0.25) is 0 Å². The number of nitrogens with zero attached hydrogens (tertiary/aromatic N) is 1. The molecule has 1 saturated carbocycles. The molecule has 3 heteroatoms. The van der Waals surface area contributed by atoms with E-state index in [1.165, 1.54) is 29.4 Å². The second-order valence-electron chi connectivity index (χ2n) is 4.98. The number of rotatable bonds is 7. The summed E-state index contributed by atoms with van der Waals surface area (Å²) in [6.45, 7) is 4.42. The molecule has 0 bridgehead atoms. The Labute approximate surface area is 113 Å². The first-order chi connectivity index (χ1) is 8.25. The van der Waals surface area contributed by atoms with E-state index in [0.29, 0.717) is 0 Å². The van der Waals surface area contributed by atoms with E-state index < -0.39 is 0 Å². The van der Waals surface area contributed by atoms with Crippen molar-refractivity contribution in [1.29, 1.82) is 0 Å². The smallest absolute Gasteiger partial charge is 0.0242 e. The molecule has 1 fully saturated rings. The topological polar surface area (TPSA) is 15.3 Å². The van der Waals surface area contributed by atoms with Gasteiger partial charge in [0.15, 0.2) is 0 Å². The standard InChI is InChI=1S/C14H21BrN2/c1-17(9-8-16-10-12-6-7-12)11-13-4-2-3-5-14(13)15/h2-5,12,16H,6-11H2,1H3. The fourth-order valence-electron chi connectivity index (χ4n) is 1.89. The molecule has 94 valence electrons. The summed E-state index contributed by atoms with van der Waals surface area (Å²) < 4.78 is 1.21. The van der Waals surface area contributed by atoms with Gasteiger partial charge in [0.05, 0.1) is 0 Å². The fourth-order valence-corrected chi connectivity index (χ4v) is 2.30. The zero-order valence-corrected chi connectivity index (χ0v) is 12.0. The highest BCUT2D eigenvalue weighted by Gasteiger charge is 2.19. The Kier molecular flexibility index (Phi) is 5.01. The molecule has 0 aromatic heterocycles. The van der Waals surface area contributed by atoms with Gasteiger partial charge in [0.2, 0.25) is 0 Å². The molecule has 17 heavy (non-hydrogen) atoms. The summed E-state index contributed by atoms with van der Waals surface area (Å²) in [5.41, 5.74) is 1.36. The van der Waals surface area contributed by atoms with Crippen molar-refractivity contribution < 1.29 is 0 Å². The van der Waals surface area contributed by atoms with Gasteiger partial charge in [-0.2, -0.15) is 0 Å². The predicted octanol–water partition coefficient (Wildman–Crippen LogP) is 2.88. The van der Waals surface area contributed by atoms with Crippen LogP contribution in [0, 0.1) is 5.92 Å². The lowest BCUT2D eigenvalue weighted by Crippen LogP contribution is -2.30. The van der Waals surface area contributed by atoms with E-state index >= 15 is 0 Å². The first-order valence-corrected chi connectivity index (χ1v) is 7.17. The summed E-state index contributed by atoms with van der Waals surface area (Å²) >= 11 is 3.59. The van der Waals surface area contributed by atoms with Crippen molar-refractivity contribution >= 4 is 15.9 Å². The second-order valence-corrected chi connectivity index (χ2v) is 5.83. The summed E-state index contributed by atoms with van der Waals surface area (Å²) in [4.78, 5) is 2.36. The molecule has 1 N–H and O–H groups in total. The third kappa shape index (κ3) is 4.78. The van der Waals surface area contributed by atoms with Crippen molar-refractivity contribution in [2.45, 2.75) is 19.4 Å². The highest BCUT2D eigenvalue weighted by Crippen LogP contribution is 2.27. The lowest BCUT2D eigenvalue weighted by atomic mass is 10.2. The van der Waals surface area contributed by atoms with Crippen LogP contribution >= 0.6 is 15.9 Å². The number of likely N-dealkylation sites (N-methyl/N-ethyl adjacent to an activating group) is 1. The number of halogens is 1. The van der Waals surface area contributed by atoms with Crippen LogP contribution in [-0.2, 0) is 6.54 Å². The van der Waals surface area contributed by atoms with Crippen LogP contribution in [0.4, 0.5) is 0 Å². The maximum absolute atomic E-state index is 3.59. The van der Waals surface area contributed by atoms with Gasteiger partial charge in [-0.05, 0) is 44.0 Å². The molecular formula is C14H21BrN2. The molecule has 0 radical (unpaired) electrons. The first-order valence-electron chi connectivity index (χ1n) is 6.38. The molecule has 0 heterocycles. The van der Waals surface area contributed by atoms with Crippen LogP contribution in [0.1, 0.15) is 18.4 Å². The van der Waals surface area contributed by atoms with Gasteiger partial charge in [0.1, 0.15) is 0 Å². The predicted molar refractivity (Wildman–Crippen MR) is 76.1 cm³/mol. The van der Waals surface area contributed by atoms with E-state index in [1.807, 2.05) is 0 Å². The molecule has 0 spiro atoms. The zero-order chi connectivity index (χ0) is 12.1. The van der Waals surface area contributed by atoms with Crippen LogP contribution in [-0.4, -0.2) is 31.6 Å². The molecule has 0 aliphatic heterocycles. The maximum atomic E-state index is 3.59. The van der Waals surface area contributed by atoms with Gasteiger partial charge in [0.25, 0.3) is 0 Å². The first kappa shape index (κ1) is 13.1. The monoisotopic (exact) mass is 296 g/mol. The molecule has 1 aromatic rings. The number of nitrogens with one attached hydrogen (secondary N) is 1. The Morgan fingerprint density at radius 1 is 1.35 bits per heavy atom. The van der Waals surface area contributed by atoms with Gasteiger partial charge in [-0.15, -0.1) is 0 Å². The molecule has 1 aliphatic carbocycles. The van der Waals surface area contributed by atoms with Crippen LogP contribution in [0.15, 0.2) is 28.7 Å². The summed E-state index contributed by atoms with van der Waals surface area (Å²) in [6, 6.07) is 8.44. The summed E-state index contributed by atoms with van der Waals surface area (Å²) in [5.74, 6) is 0.976. The van der Waals surface area contributed by atoms with Crippen molar-refractivity contribution in [3.05, 3.63) is 34.3 Å². The summed E-state index contributed by atoms with van der Waals surface area (Å²) in [7, 11) is 2.18. The van der Waals surface area contributed by atoms with Gasteiger partial charge in [0, 0.05) is 24.1 Å². The van der Waals surface area contributed by atoms with Gasteiger partial charge in [-0.1, -0.05) is 34.1 Å². The Bertz CT molecular complexity index is 350. The molecule has 0 amide bonds. The van der Waals surface area contributed by atoms with Crippen molar-refractivity contribution in [3.8, 4) is 0 Å². The molecule has 2 rings (SSSR count). The minimum atomic E-state index is 0.976. The third-order valence-corrected chi connectivity index (χ3v) is 3.97. The van der Waals surface area contributed by atoms with Gasteiger partial charge >= 0.3 is 0 Å². The highest BCUT2D eigenvalue weighted by molar-refractivity contribution is 9.10.